The van der Waals surface area contributed by atoms with E-state index in [0.717, 1.165) is 64.2 Å². The van der Waals surface area contributed by atoms with E-state index in [1.807, 2.05) is 0 Å². The Labute approximate surface area is 214 Å². The molecule has 1 aromatic rings. The first kappa shape index (κ1) is 31.0. The van der Waals surface area contributed by atoms with Gasteiger partial charge in [0.15, 0.2) is 11.5 Å². The average molecular weight is 491 g/mol. The topological polar surface area (TPSA) is 61.8 Å². The maximum absolute atomic E-state index is 12.4. The first-order valence-corrected chi connectivity index (χ1v) is 14.3. The van der Waals surface area contributed by atoms with E-state index < -0.39 is 0 Å². The van der Waals surface area contributed by atoms with Crippen LogP contribution in [-0.4, -0.2) is 18.5 Å². The highest BCUT2D eigenvalue weighted by Gasteiger charge is 2.15. The normalized spacial score (nSPS) is 10.8. The Morgan fingerprint density at radius 1 is 0.571 bits per heavy atom. The summed E-state index contributed by atoms with van der Waals surface area (Å²) in [4.78, 5) is 24.7. The lowest BCUT2D eigenvalue weighted by molar-refractivity contribution is -0.137. The second-order valence-electron chi connectivity index (χ2n) is 9.50. The zero-order valence-corrected chi connectivity index (χ0v) is 22.7. The summed E-state index contributed by atoms with van der Waals surface area (Å²) >= 11 is 0. The summed E-state index contributed by atoms with van der Waals surface area (Å²) in [5.74, 6) is 0.577. The van der Waals surface area contributed by atoms with Crippen molar-refractivity contribution in [3.05, 3.63) is 18.2 Å². The molecule has 0 fully saturated rings. The zero-order chi connectivity index (χ0) is 25.6. The number of carbonyl (C=O) groups excluding carboxylic acids is 2. The lowest BCUT2D eigenvalue weighted by Gasteiger charge is -2.13. The maximum Gasteiger partial charge on any atom is 0.311 e. The number of hydrogen-bond donors (Lipinski definition) is 0. The first-order valence-electron chi connectivity index (χ1n) is 14.3. The van der Waals surface area contributed by atoms with Crippen LogP contribution in [0.15, 0.2) is 18.2 Å². The minimum atomic E-state index is -0.304. The molecule has 0 radical (unpaired) electrons. The number of carbonyl (C=O) groups is 2. The molecule has 0 aliphatic heterocycles. The number of benzene rings is 1. The van der Waals surface area contributed by atoms with Gasteiger partial charge >= 0.3 is 11.9 Å². The molecule has 1 rings (SSSR count). The molecule has 0 amide bonds. The van der Waals surface area contributed by atoms with Gasteiger partial charge in [0, 0.05) is 18.9 Å². The number of unbranched alkanes of at least 4 members (excludes halogenated alkanes) is 13. The van der Waals surface area contributed by atoms with Gasteiger partial charge in [-0.3, -0.25) is 9.59 Å². The van der Waals surface area contributed by atoms with Gasteiger partial charge in [0.2, 0.25) is 0 Å². The third-order valence-electron chi connectivity index (χ3n) is 6.10. The van der Waals surface area contributed by atoms with Crippen LogP contribution in [0.1, 0.15) is 136 Å². The van der Waals surface area contributed by atoms with Crippen molar-refractivity contribution in [3.8, 4) is 17.2 Å². The van der Waals surface area contributed by atoms with Gasteiger partial charge < -0.3 is 14.2 Å². The molecule has 0 spiro atoms. The Balaban J connectivity index is 2.59. The zero-order valence-electron chi connectivity index (χ0n) is 22.7. The van der Waals surface area contributed by atoms with Gasteiger partial charge in [-0.25, -0.2) is 0 Å². The second kappa shape index (κ2) is 21.3. The fraction of sp³-hybridized carbons (Fsp3) is 0.733. The van der Waals surface area contributed by atoms with Crippen LogP contribution in [0.4, 0.5) is 0 Å². The number of hydrogen-bond acceptors (Lipinski definition) is 5. The van der Waals surface area contributed by atoms with Gasteiger partial charge in [-0.2, -0.15) is 0 Å². The summed E-state index contributed by atoms with van der Waals surface area (Å²) in [6.45, 7) is 7.14. The van der Waals surface area contributed by atoms with Crippen LogP contribution in [0.25, 0.3) is 0 Å². The lowest BCUT2D eigenvalue weighted by atomic mass is 10.1. The fourth-order valence-electron chi connectivity index (χ4n) is 3.91. The molecule has 5 nitrogen and oxygen atoms in total. The molecule has 1 aromatic carbocycles. The smallest absolute Gasteiger partial charge is 0.311 e. The largest absolute Gasteiger partial charge is 0.493 e. The minimum absolute atomic E-state index is 0.265. The highest BCUT2D eigenvalue weighted by molar-refractivity contribution is 5.76. The monoisotopic (exact) mass is 490 g/mol. The Bertz CT molecular complexity index is 685. The molecular weight excluding hydrogens is 440 g/mol. The van der Waals surface area contributed by atoms with Crippen molar-refractivity contribution >= 4 is 11.9 Å². The lowest BCUT2D eigenvalue weighted by Crippen LogP contribution is -2.12. The molecule has 35 heavy (non-hydrogen) atoms. The van der Waals surface area contributed by atoms with Crippen LogP contribution in [0.2, 0.25) is 0 Å². The Morgan fingerprint density at radius 3 is 1.57 bits per heavy atom. The van der Waals surface area contributed by atoms with E-state index in [1.54, 1.807) is 18.2 Å². The van der Waals surface area contributed by atoms with Gasteiger partial charge in [0.05, 0.1) is 6.61 Å². The van der Waals surface area contributed by atoms with Crippen molar-refractivity contribution in [2.45, 2.75) is 136 Å². The predicted octanol–water partition coefficient (Wildman–Crippen LogP) is 8.96. The number of esters is 2. The van der Waals surface area contributed by atoms with Gasteiger partial charge in [0.25, 0.3) is 0 Å². The van der Waals surface area contributed by atoms with E-state index in [0.29, 0.717) is 25.2 Å². The van der Waals surface area contributed by atoms with Gasteiger partial charge in [0.1, 0.15) is 5.75 Å². The van der Waals surface area contributed by atoms with E-state index in [9.17, 15) is 9.59 Å². The minimum Gasteiger partial charge on any atom is -0.493 e. The summed E-state index contributed by atoms with van der Waals surface area (Å²) in [6, 6.07) is 5.13. The molecule has 0 unspecified atom stereocenters. The van der Waals surface area contributed by atoms with Crippen molar-refractivity contribution < 1.29 is 23.8 Å². The molecule has 0 heterocycles. The predicted molar refractivity (Wildman–Crippen MR) is 143 cm³/mol. The van der Waals surface area contributed by atoms with E-state index in [4.69, 9.17) is 14.2 Å². The van der Waals surface area contributed by atoms with Crippen molar-refractivity contribution in [3.63, 3.8) is 0 Å². The molecule has 0 N–H and O–H groups in total. The molecule has 0 aliphatic rings. The summed E-state index contributed by atoms with van der Waals surface area (Å²) in [7, 11) is 0. The molecular formula is C30H50O5. The molecule has 0 saturated heterocycles. The van der Waals surface area contributed by atoms with Gasteiger partial charge in [-0.1, -0.05) is 104 Å². The van der Waals surface area contributed by atoms with Gasteiger partial charge in [-0.15, -0.1) is 0 Å². The Morgan fingerprint density at radius 2 is 1.03 bits per heavy atom. The summed E-state index contributed by atoms with van der Waals surface area (Å²) < 4.78 is 17.1. The molecule has 0 aromatic heterocycles. The molecule has 0 saturated carbocycles. The van der Waals surface area contributed by atoms with Crippen molar-refractivity contribution in [1.82, 2.24) is 0 Å². The van der Waals surface area contributed by atoms with E-state index >= 15 is 0 Å². The van der Waals surface area contributed by atoms with Crippen LogP contribution >= 0.6 is 0 Å². The molecule has 5 heteroatoms. The highest BCUT2D eigenvalue weighted by Crippen LogP contribution is 2.33. The van der Waals surface area contributed by atoms with E-state index in [2.05, 4.69) is 20.8 Å². The quantitative estimate of drug-likeness (QED) is 0.0922. The molecule has 0 bridgehead atoms. The summed E-state index contributed by atoms with van der Waals surface area (Å²) in [5, 5.41) is 0. The van der Waals surface area contributed by atoms with Crippen LogP contribution in [0.5, 0.6) is 17.2 Å². The molecule has 0 aliphatic carbocycles. The van der Waals surface area contributed by atoms with Gasteiger partial charge in [-0.05, 0) is 31.4 Å². The SMILES string of the molecule is CCCCCCCCCCOc1ccc(OC(=O)CCCCCC)c(OC(=O)CCCCCC)c1. The maximum atomic E-state index is 12.4. The van der Waals surface area contributed by atoms with Crippen LogP contribution in [-0.2, 0) is 9.59 Å². The first-order chi connectivity index (χ1) is 17.1. The third kappa shape index (κ3) is 16.3. The fourth-order valence-corrected chi connectivity index (χ4v) is 3.91. The molecule has 200 valence electrons. The third-order valence-corrected chi connectivity index (χ3v) is 6.10. The van der Waals surface area contributed by atoms with Crippen LogP contribution in [0.3, 0.4) is 0 Å². The van der Waals surface area contributed by atoms with Crippen LogP contribution in [0, 0.1) is 0 Å². The van der Waals surface area contributed by atoms with E-state index in [-0.39, 0.29) is 23.4 Å². The van der Waals surface area contributed by atoms with Crippen molar-refractivity contribution in [2.75, 3.05) is 6.61 Å². The van der Waals surface area contributed by atoms with Crippen molar-refractivity contribution in [2.24, 2.45) is 0 Å². The Kier molecular flexibility index (Phi) is 18.8. The standard InChI is InChI=1S/C30H50O5/c1-4-7-10-13-14-15-16-19-24-33-26-22-23-27(34-29(31)20-17-11-8-5-2)28(25-26)35-30(32)21-18-12-9-6-3/h22-23,25H,4-21,24H2,1-3H3. The number of ether oxygens (including phenoxy) is 3. The summed E-state index contributed by atoms with van der Waals surface area (Å²) in [5.41, 5.74) is 0. The van der Waals surface area contributed by atoms with Crippen LogP contribution < -0.4 is 14.2 Å². The van der Waals surface area contributed by atoms with Crippen molar-refractivity contribution in [1.29, 1.82) is 0 Å². The highest BCUT2D eigenvalue weighted by atomic mass is 16.6. The summed E-state index contributed by atoms with van der Waals surface area (Å²) in [6.07, 6.45) is 18.7. The number of rotatable bonds is 22. The molecule has 0 atom stereocenters. The van der Waals surface area contributed by atoms with E-state index in [1.165, 1.54) is 38.5 Å². The Hall–Kier alpha value is -2.04. The second-order valence-corrected chi connectivity index (χ2v) is 9.50. The average Bonchev–Trinajstić information content (AvgIpc) is 2.85.